The van der Waals surface area contributed by atoms with Crippen molar-refractivity contribution in [2.75, 3.05) is 13.1 Å². The fourth-order valence-corrected chi connectivity index (χ4v) is 3.17. The minimum atomic E-state index is 0.634. The Labute approximate surface area is 126 Å². The summed E-state index contributed by atoms with van der Waals surface area (Å²) in [6.07, 6.45) is 6.77. The van der Waals surface area contributed by atoms with Gasteiger partial charge in [0.15, 0.2) is 5.96 Å². The molecule has 0 saturated heterocycles. The van der Waals surface area contributed by atoms with Crippen LogP contribution in [0.5, 0.6) is 0 Å². The number of rotatable bonds is 7. The third kappa shape index (κ3) is 4.78. The molecule has 0 aromatic carbocycles. The summed E-state index contributed by atoms with van der Waals surface area (Å²) >= 11 is 1.76. The lowest BCUT2D eigenvalue weighted by Gasteiger charge is -2.10. The molecule has 5 heteroatoms. The topological polar surface area (TPSA) is 49.3 Å². The highest BCUT2D eigenvalue weighted by atomic mass is 32.1. The van der Waals surface area contributed by atoms with Gasteiger partial charge in [-0.2, -0.15) is 0 Å². The number of nitrogens with zero attached hydrogens (tertiary/aromatic N) is 2. The number of guanidine groups is 1. The molecule has 1 fully saturated rings. The first kappa shape index (κ1) is 15.3. The van der Waals surface area contributed by atoms with Crippen molar-refractivity contribution >= 4 is 17.3 Å². The van der Waals surface area contributed by atoms with Crippen LogP contribution < -0.4 is 10.6 Å². The SMILES string of the molecule is CCCC1CC1NC(=NCCc1ncc(C)s1)NCC. The third-order valence-corrected chi connectivity index (χ3v) is 4.49. The van der Waals surface area contributed by atoms with E-state index in [2.05, 4.69) is 41.4 Å². The first-order valence-electron chi connectivity index (χ1n) is 7.69. The van der Waals surface area contributed by atoms with Crippen molar-refractivity contribution in [2.24, 2.45) is 10.9 Å². The van der Waals surface area contributed by atoms with E-state index in [0.717, 1.165) is 31.4 Å². The molecule has 1 aromatic rings. The molecule has 1 aliphatic rings. The lowest BCUT2D eigenvalue weighted by molar-refractivity contribution is 0.655. The number of nitrogens with one attached hydrogen (secondary N) is 2. The van der Waals surface area contributed by atoms with E-state index >= 15 is 0 Å². The molecule has 0 radical (unpaired) electrons. The molecule has 1 saturated carbocycles. The molecule has 2 N–H and O–H groups in total. The standard InChI is InChI=1S/C15H26N4S/c1-4-6-12-9-13(12)19-15(16-5-2)17-8-7-14-18-10-11(3)20-14/h10,12-13H,4-9H2,1-3H3,(H2,16,17,19). The zero-order chi connectivity index (χ0) is 14.4. The van der Waals surface area contributed by atoms with Gasteiger partial charge in [-0.25, -0.2) is 4.98 Å². The van der Waals surface area contributed by atoms with Crippen LogP contribution in [0.1, 0.15) is 43.0 Å². The number of thiazole rings is 1. The molecule has 4 nitrogen and oxygen atoms in total. The lowest BCUT2D eigenvalue weighted by atomic mass is 10.2. The van der Waals surface area contributed by atoms with Crippen molar-refractivity contribution < 1.29 is 0 Å². The molecule has 2 atom stereocenters. The first-order valence-corrected chi connectivity index (χ1v) is 8.50. The highest BCUT2D eigenvalue weighted by Crippen LogP contribution is 2.34. The summed E-state index contributed by atoms with van der Waals surface area (Å²) in [7, 11) is 0. The van der Waals surface area contributed by atoms with Crippen LogP contribution >= 0.6 is 11.3 Å². The Kier molecular flexibility index (Phi) is 5.83. The summed E-state index contributed by atoms with van der Waals surface area (Å²) in [5, 5.41) is 8.05. The van der Waals surface area contributed by atoms with Crippen LogP contribution in [0.3, 0.4) is 0 Å². The maximum absolute atomic E-state index is 4.65. The van der Waals surface area contributed by atoms with E-state index in [1.165, 1.54) is 29.1 Å². The van der Waals surface area contributed by atoms with E-state index in [-0.39, 0.29) is 0 Å². The normalized spacial score (nSPS) is 21.9. The molecule has 2 rings (SSSR count). The zero-order valence-electron chi connectivity index (χ0n) is 12.8. The number of hydrogen-bond acceptors (Lipinski definition) is 3. The minimum Gasteiger partial charge on any atom is -0.357 e. The van der Waals surface area contributed by atoms with Gasteiger partial charge in [0.05, 0.1) is 5.01 Å². The maximum atomic E-state index is 4.65. The van der Waals surface area contributed by atoms with Crippen molar-refractivity contribution in [1.82, 2.24) is 15.6 Å². The van der Waals surface area contributed by atoms with Crippen LogP contribution in [0.25, 0.3) is 0 Å². The lowest BCUT2D eigenvalue weighted by Crippen LogP contribution is -2.39. The monoisotopic (exact) mass is 294 g/mol. The molecule has 20 heavy (non-hydrogen) atoms. The number of hydrogen-bond donors (Lipinski definition) is 2. The molecule has 0 aliphatic heterocycles. The van der Waals surface area contributed by atoms with Gasteiger partial charge >= 0.3 is 0 Å². The van der Waals surface area contributed by atoms with Gasteiger partial charge in [0.25, 0.3) is 0 Å². The average Bonchev–Trinajstić information content (AvgIpc) is 3.00. The summed E-state index contributed by atoms with van der Waals surface area (Å²) in [5.41, 5.74) is 0. The van der Waals surface area contributed by atoms with Crippen molar-refractivity contribution in [2.45, 2.75) is 52.5 Å². The Morgan fingerprint density at radius 2 is 2.35 bits per heavy atom. The van der Waals surface area contributed by atoms with Crippen LogP contribution in [-0.2, 0) is 6.42 Å². The second-order valence-electron chi connectivity index (χ2n) is 5.41. The predicted molar refractivity (Wildman–Crippen MR) is 86.5 cm³/mol. The summed E-state index contributed by atoms with van der Waals surface area (Å²) in [6.45, 7) is 8.17. The molecule has 112 valence electrons. The Morgan fingerprint density at radius 3 is 3.00 bits per heavy atom. The second kappa shape index (κ2) is 7.62. The van der Waals surface area contributed by atoms with Crippen molar-refractivity contribution in [1.29, 1.82) is 0 Å². The Morgan fingerprint density at radius 1 is 1.50 bits per heavy atom. The quantitative estimate of drug-likeness (QED) is 0.600. The molecule has 2 unspecified atom stereocenters. The molecular formula is C15H26N4S. The van der Waals surface area contributed by atoms with Crippen LogP contribution in [0.15, 0.2) is 11.2 Å². The molecular weight excluding hydrogens is 268 g/mol. The largest absolute Gasteiger partial charge is 0.357 e. The Balaban J connectivity index is 1.77. The summed E-state index contributed by atoms with van der Waals surface area (Å²) in [5.74, 6) is 1.81. The van der Waals surface area contributed by atoms with Gasteiger partial charge in [-0.3, -0.25) is 4.99 Å². The van der Waals surface area contributed by atoms with Crippen molar-refractivity contribution in [3.63, 3.8) is 0 Å². The second-order valence-corrected chi connectivity index (χ2v) is 6.73. The third-order valence-electron chi connectivity index (χ3n) is 3.51. The highest BCUT2D eigenvalue weighted by molar-refractivity contribution is 7.11. The van der Waals surface area contributed by atoms with Crippen LogP contribution in [0, 0.1) is 12.8 Å². The van der Waals surface area contributed by atoms with Crippen molar-refractivity contribution in [3.05, 3.63) is 16.1 Å². The highest BCUT2D eigenvalue weighted by Gasteiger charge is 2.36. The summed E-state index contributed by atoms with van der Waals surface area (Å²) in [4.78, 5) is 10.3. The molecule has 1 heterocycles. The molecule has 1 aromatic heterocycles. The van der Waals surface area contributed by atoms with Gasteiger partial charge < -0.3 is 10.6 Å². The summed E-state index contributed by atoms with van der Waals surface area (Å²) < 4.78 is 0. The van der Waals surface area contributed by atoms with E-state index in [1.54, 1.807) is 11.3 Å². The van der Waals surface area contributed by atoms with Crippen LogP contribution in [0.2, 0.25) is 0 Å². The van der Waals surface area contributed by atoms with Crippen molar-refractivity contribution in [3.8, 4) is 0 Å². The number of aryl methyl sites for hydroxylation is 1. The van der Waals surface area contributed by atoms with E-state index in [9.17, 15) is 0 Å². The maximum Gasteiger partial charge on any atom is 0.191 e. The van der Waals surface area contributed by atoms with E-state index in [4.69, 9.17) is 0 Å². The van der Waals surface area contributed by atoms with Crippen LogP contribution in [0.4, 0.5) is 0 Å². The van der Waals surface area contributed by atoms with Gasteiger partial charge in [-0.1, -0.05) is 13.3 Å². The molecule has 0 spiro atoms. The average molecular weight is 294 g/mol. The van der Waals surface area contributed by atoms with Gasteiger partial charge in [-0.15, -0.1) is 11.3 Å². The zero-order valence-corrected chi connectivity index (χ0v) is 13.6. The number of aromatic nitrogens is 1. The van der Waals surface area contributed by atoms with Gasteiger partial charge in [0.2, 0.25) is 0 Å². The molecule has 0 amide bonds. The van der Waals surface area contributed by atoms with Gasteiger partial charge in [0, 0.05) is 36.6 Å². The fraction of sp³-hybridized carbons (Fsp3) is 0.733. The fourth-order valence-electron chi connectivity index (χ4n) is 2.39. The van der Waals surface area contributed by atoms with E-state index in [0.29, 0.717) is 6.04 Å². The number of aliphatic imine (C=N–C) groups is 1. The summed E-state index contributed by atoms with van der Waals surface area (Å²) in [6, 6.07) is 0.634. The minimum absolute atomic E-state index is 0.634. The Hall–Kier alpha value is -1.10. The predicted octanol–water partition coefficient (Wildman–Crippen LogP) is 2.74. The first-order chi connectivity index (χ1) is 9.72. The molecule has 1 aliphatic carbocycles. The molecule has 0 bridgehead atoms. The smallest absolute Gasteiger partial charge is 0.191 e. The van der Waals surface area contributed by atoms with Gasteiger partial charge in [-0.05, 0) is 32.6 Å². The Bertz CT molecular complexity index is 441. The van der Waals surface area contributed by atoms with Gasteiger partial charge in [0.1, 0.15) is 0 Å². The van der Waals surface area contributed by atoms with Crippen LogP contribution in [-0.4, -0.2) is 30.1 Å². The van der Waals surface area contributed by atoms with E-state index in [1.807, 2.05) is 6.20 Å². The van der Waals surface area contributed by atoms with E-state index < -0.39 is 0 Å².